The number of H-pyrrole nitrogens is 1. The predicted molar refractivity (Wildman–Crippen MR) is 158 cm³/mol. The lowest BCUT2D eigenvalue weighted by Gasteiger charge is -2.30. The number of nitrogens with two attached hydrogens (primary N) is 1. The van der Waals surface area contributed by atoms with Crippen LogP contribution in [0.1, 0.15) is 82.0 Å². The summed E-state index contributed by atoms with van der Waals surface area (Å²) in [6, 6.07) is 19.6. The Hall–Kier alpha value is -4.39. The molecule has 1 aliphatic heterocycles. The maximum absolute atomic E-state index is 13.1. The number of likely N-dealkylation sites (tertiary alicyclic amines) is 1. The Labute approximate surface area is 233 Å². The van der Waals surface area contributed by atoms with Gasteiger partial charge in [-0.15, -0.1) is 0 Å². The molecule has 2 aliphatic rings. The Kier molecular flexibility index (Phi) is 6.66. The molecule has 1 saturated heterocycles. The van der Waals surface area contributed by atoms with Crippen LogP contribution in [0.25, 0.3) is 22.0 Å². The molecule has 0 unspecified atom stereocenters. The molecule has 7 heteroatoms. The number of rotatable bonds is 6. The van der Waals surface area contributed by atoms with Crippen molar-refractivity contribution in [2.45, 2.75) is 51.4 Å². The van der Waals surface area contributed by atoms with E-state index in [4.69, 9.17) is 5.73 Å². The number of anilines is 1. The molecule has 3 amide bonds. The molecule has 6 rings (SSSR count). The maximum atomic E-state index is 13.1. The first kappa shape index (κ1) is 25.9. The topological polar surface area (TPSA) is 108 Å². The second kappa shape index (κ2) is 10.3. The Bertz CT molecular complexity index is 1620. The molecule has 1 saturated carbocycles. The number of primary amides is 1. The van der Waals surface area contributed by atoms with E-state index < -0.39 is 5.91 Å². The SMILES string of the molecule is CC(=O)N1CCC(c2cc3c(-c4cccc(NC(=O)c5ccc(C6CC6)cc5)c4C)ccc(C(N)=O)c3[nH]2)CC1. The minimum absolute atomic E-state index is 0.103. The molecule has 0 atom stereocenters. The minimum Gasteiger partial charge on any atom is -0.366 e. The lowest BCUT2D eigenvalue weighted by Crippen LogP contribution is -2.36. The summed E-state index contributed by atoms with van der Waals surface area (Å²) >= 11 is 0. The zero-order valence-electron chi connectivity index (χ0n) is 22.9. The number of fused-ring (bicyclic) bond motifs is 1. The van der Waals surface area contributed by atoms with Crippen LogP contribution in [0.3, 0.4) is 0 Å². The van der Waals surface area contributed by atoms with Crippen LogP contribution in [0.5, 0.6) is 0 Å². The number of piperidine rings is 1. The van der Waals surface area contributed by atoms with Crippen molar-refractivity contribution in [1.29, 1.82) is 0 Å². The van der Waals surface area contributed by atoms with Crippen LogP contribution < -0.4 is 11.1 Å². The van der Waals surface area contributed by atoms with Crippen LogP contribution in [0, 0.1) is 6.92 Å². The summed E-state index contributed by atoms with van der Waals surface area (Å²) in [6.07, 6.45) is 4.17. The van der Waals surface area contributed by atoms with E-state index in [-0.39, 0.29) is 17.7 Å². The number of aromatic nitrogens is 1. The van der Waals surface area contributed by atoms with Crippen LogP contribution >= 0.6 is 0 Å². The molecule has 0 radical (unpaired) electrons. The number of aromatic amines is 1. The van der Waals surface area contributed by atoms with E-state index in [0.717, 1.165) is 64.9 Å². The standard InChI is InChI=1S/C33H34N4O3/c1-19-25(4-3-5-29(19)36-33(40)24-10-8-22(9-11-24)21-6-7-21)26-12-13-27(32(34)39)31-28(26)18-30(35-31)23-14-16-37(17-15-23)20(2)38/h3-5,8-13,18,21,23,35H,6-7,14-17H2,1-2H3,(H2,34,39)(H,36,40). The summed E-state index contributed by atoms with van der Waals surface area (Å²) < 4.78 is 0. The summed E-state index contributed by atoms with van der Waals surface area (Å²) in [5, 5.41) is 4.01. The Morgan fingerprint density at radius 3 is 2.27 bits per heavy atom. The molecule has 4 N–H and O–H groups in total. The highest BCUT2D eigenvalue weighted by Crippen LogP contribution is 2.40. The van der Waals surface area contributed by atoms with Gasteiger partial charge in [-0.3, -0.25) is 14.4 Å². The molecular weight excluding hydrogens is 500 g/mol. The molecule has 4 aromatic rings. The largest absolute Gasteiger partial charge is 0.366 e. The predicted octanol–water partition coefficient (Wildman–Crippen LogP) is 6.10. The molecule has 1 aromatic heterocycles. The molecule has 0 spiro atoms. The van der Waals surface area contributed by atoms with Crippen LogP contribution in [-0.2, 0) is 4.79 Å². The van der Waals surface area contributed by atoms with Gasteiger partial charge in [0.1, 0.15) is 0 Å². The van der Waals surface area contributed by atoms with Crippen molar-refractivity contribution in [2.24, 2.45) is 5.73 Å². The zero-order valence-corrected chi connectivity index (χ0v) is 22.9. The van der Waals surface area contributed by atoms with Gasteiger partial charge in [0.2, 0.25) is 5.91 Å². The van der Waals surface area contributed by atoms with E-state index in [1.165, 1.54) is 18.4 Å². The number of benzene rings is 3. The van der Waals surface area contributed by atoms with Gasteiger partial charge in [0, 0.05) is 48.3 Å². The highest BCUT2D eigenvalue weighted by atomic mass is 16.2. The van der Waals surface area contributed by atoms with Crippen LogP contribution in [0.4, 0.5) is 5.69 Å². The van der Waals surface area contributed by atoms with Crippen LogP contribution in [0.2, 0.25) is 0 Å². The van der Waals surface area contributed by atoms with E-state index >= 15 is 0 Å². The summed E-state index contributed by atoms with van der Waals surface area (Å²) in [5.74, 6) is 0.385. The van der Waals surface area contributed by atoms with E-state index in [1.54, 1.807) is 13.0 Å². The first-order valence-corrected chi connectivity index (χ1v) is 14.0. The van der Waals surface area contributed by atoms with Crippen molar-refractivity contribution in [3.63, 3.8) is 0 Å². The second-order valence-electron chi connectivity index (χ2n) is 11.1. The number of nitrogens with one attached hydrogen (secondary N) is 2. The zero-order chi connectivity index (χ0) is 28.0. The third-order valence-corrected chi connectivity index (χ3v) is 8.55. The first-order chi connectivity index (χ1) is 19.3. The van der Waals surface area contributed by atoms with Gasteiger partial charge in [-0.2, -0.15) is 0 Å². The maximum Gasteiger partial charge on any atom is 0.255 e. The molecule has 204 valence electrons. The number of nitrogens with zero attached hydrogens (tertiary/aromatic N) is 1. The van der Waals surface area contributed by atoms with Gasteiger partial charge < -0.3 is 20.9 Å². The van der Waals surface area contributed by atoms with E-state index in [1.807, 2.05) is 48.2 Å². The average Bonchev–Trinajstić information content (AvgIpc) is 3.71. The van der Waals surface area contributed by atoms with Crippen molar-refractivity contribution >= 4 is 34.3 Å². The Morgan fingerprint density at radius 1 is 0.900 bits per heavy atom. The number of hydrogen-bond donors (Lipinski definition) is 3. The number of hydrogen-bond acceptors (Lipinski definition) is 3. The molecule has 1 aliphatic carbocycles. The van der Waals surface area contributed by atoms with Crippen molar-refractivity contribution in [3.05, 3.63) is 88.6 Å². The van der Waals surface area contributed by atoms with Gasteiger partial charge in [-0.05, 0) is 91.1 Å². The van der Waals surface area contributed by atoms with E-state index in [9.17, 15) is 14.4 Å². The van der Waals surface area contributed by atoms with Gasteiger partial charge >= 0.3 is 0 Å². The summed E-state index contributed by atoms with van der Waals surface area (Å²) in [7, 11) is 0. The van der Waals surface area contributed by atoms with Gasteiger partial charge in [0.25, 0.3) is 11.8 Å². The fourth-order valence-electron chi connectivity index (χ4n) is 5.99. The van der Waals surface area contributed by atoms with Crippen molar-refractivity contribution in [1.82, 2.24) is 9.88 Å². The van der Waals surface area contributed by atoms with E-state index in [0.29, 0.717) is 17.0 Å². The molecule has 3 aromatic carbocycles. The lowest BCUT2D eigenvalue weighted by atomic mass is 9.92. The first-order valence-electron chi connectivity index (χ1n) is 14.0. The third kappa shape index (κ3) is 4.88. The summed E-state index contributed by atoms with van der Waals surface area (Å²) in [6.45, 7) is 5.04. The summed E-state index contributed by atoms with van der Waals surface area (Å²) in [5.41, 5.74) is 13.5. The summed E-state index contributed by atoms with van der Waals surface area (Å²) in [4.78, 5) is 42.6. The molecule has 2 heterocycles. The van der Waals surface area contributed by atoms with Gasteiger partial charge in [0.05, 0.1) is 11.1 Å². The van der Waals surface area contributed by atoms with Gasteiger partial charge in [-0.1, -0.05) is 30.3 Å². The molecule has 2 fully saturated rings. The van der Waals surface area contributed by atoms with Gasteiger partial charge in [0.15, 0.2) is 0 Å². The Morgan fingerprint density at radius 2 is 1.62 bits per heavy atom. The van der Waals surface area contributed by atoms with Crippen LogP contribution in [0.15, 0.2) is 60.7 Å². The molecule has 0 bridgehead atoms. The van der Waals surface area contributed by atoms with Gasteiger partial charge in [-0.25, -0.2) is 0 Å². The molecular formula is C33H34N4O3. The number of carbonyl (C=O) groups is 3. The lowest BCUT2D eigenvalue weighted by molar-refractivity contribution is -0.129. The van der Waals surface area contributed by atoms with E-state index in [2.05, 4.69) is 28.5 Å². The minimum atomic E-state index is -0.484. The quantitative estimate of drug-likeness (QED) is 0.278. The van der Waals surface area contributed by atoms with Crippen molar-refractivity contribution in [2.75, 3.05) is 18.4 Å². The fraction of sp³-hybridized carbons (Fsp3) is 0.303. The number of carbonyl (C=O) groups excluding carboxylic acids is 3. The van der Waals surface area contributed by atoms with Crippen molar-refractivity contribution in [3.8, 4) is 11.1 Å². The monoisotopic (exact) mass is 534 g/mol. The highest BCUT2D eigenvalue weighted by Gasteiger charge is 2.26. The van der Waals surface area contributed by atoms with Crippen molar-refractivity contribution < 1.29 is 14.4 Å². The Balaban J connectivity index is 1.32. The highest BCUT2D eigenvalue weighted by molar-refractivity contribution is 6.10. The van der Waals surface area contributed by atoms with Crippen LogP contribution in [-0.4, -0.2) is 40.7 Å². The normalized spacial score (nSPS) is 15.8. The smallest absolute Gasteiger partial charge is 0.255 e. The fourth-order valence-corrected chi connectivity index (χ4v) is 5.99. The number of amides is 3. The third-order valence-electron chi connectivity index (χ3n) is 8.55. The molecule has 40 heavy (non-hydrogen) atoms. The second-order valence-corrected chi connectivity index (χ2v) is 11.1. The average molecular weight is 535 g/mol. The molecule has 7 nitrogen and oxygen atoms in total.